The fourth-order valence-corrected chi connectivity index (χ4v) is 3.18. The number of benzene rings is 1. The zero-order chi connectivity index (χ0) is 17.0. The van der Waals surface area contributed by atoms with Crippen molar-refractivity contribution in [3.8, 4) is 0 Å². The van der Waals surface area contributed by atoms with Gasteiger partial charge >= 0.3 is 0 Å². The standard InChI is InChI=1S/C18H28ClN3O.ClH/c1-4-12(2)17(20)18(23)21-10-14-7-8-22(11-14)16-9-15(19)6-5-13(16)3;/h5-6,9,12,14,17H,4,7-8,10-11,20H2,1-3H3,(H,21,23);1H. The molecule has 0 radical (unpaired) electrons. The molecule has 3 N–H and O–H groups in total. The van der Waals surface area contributed by atoms with Gasteiger partial charge in [-0.25, -0.2) is 0 Å². The van der Waals surface area contributed by atoms with Gasteiger partial charge in [0, 0.05) is 30.3 Å². The molecule has 0 bridgehead atoms. The molecule has 1 fully saturated rings. The van der Waals surface area contributed by atoms with E-state index in [0.717, 1.165) is 31.0 Å². The lowest BCUT2D eigenvalue weighted by Crippen LogP contribution is -2.46. The maximum absolute atomic E-state index is 12.1. The number of rotatable bonds is 6. The number of anilines is 1. The number of amides is 1. The zero-order valence-electron chi connectivity index (χ0n) is 14.7. The average molecular weight is 374 g/mol. The molecule has 4 nitrogen and oxygen atoms in total. The van der Waals surface area contributed by atoms with Crippen LogP contribution in [0.4, 0.5) is 5.69 Å². The zero-order valence-corrected chi connectivity index (χ0v) is 16.3. The Hall–Kier alpha value is -0.970. The van der Waals surface area contributed by atoms with Gasteiger partial charge in [0.15, 0.2) is 0 Å². The predicted octanol–water partition coefficient (Wildman–Crippen LogP) is 3.39. The molecule has 0 saturated carbocycles. The largest absolute Gasteiger partial charge is 0.371 e. The van der Waals surface area contributed by atoms with Crippen LogP contribution in [-0.4, -0.2) is 31.6 Å². The Labute approximate surface area is 156 Å². The molecule has 1 aromatic carbocycles. The van der Waals surface area contributed by atoms with Gasteiger partial charge in [-0.05, 0) is 42.9 Å². The minimum Gasteiger partial charge on any atom is -0.371 e. The smallest absolute Gasteiger partial charge is 0.237 e. The monoisotopic (exact) mass is 373 g/mol. The van der Waals surface area contributed by atoms with E-state index in [1.807, 2.05) is 19.1 Å². The van der Waals surface area contributed by atoms with Gasteiger partial charge < -0.3 is 16.0 Å². The van der Waals surface area contributed by atoms with E-state index in [1.165, 1.54) is 11.3 Å². The molecular formula is C18H29Cl2N3O. The number of nitrogens with two attached hydrogens (primary N) is 1. The van der Waals surface area contributed by atoms with E-state index in [9.17, 15) is 4.79 Å². The van der Waals surface area contributed by atoms with Crippen LogP contribution in [0.1, 0.15) is 32.3 Å². The molecule has 6 heteroatoms. The lowest BCUT2D eigenvalue weighted by Gasteiger charge is -2.22. The maximum atomic E-state index is 12.1. The Balaban J connectivity index is 0.00000288. The minimum absolute atomic E-state index is 0. The molecule has 136 valence electrons. The van der Waals surface area contributed by atoms with Crippen LogP contribution < -0.4 is 16.0 Å². The first-order chi connectivity index (χ1) is 10.9. The van der Waals surface area contributed by atoms with Gasteiger partial charge in [0.1, 0.15) is 0 Å². The van der Waals surface area contributed by atoms with Gasteiger partial charge in [-0.2, -0.15) is 0 Å². The molecule has 0 spiro atoms. The number of nitrogens with one attached hydrogen (secondary N) is 1. The lowest BCUT2D eigenvalue weighted by molar-refractivity contribution is -0.123. The molecule has 1 aromatic rings. The molecule has 1 heterocycles. The normalized spacial score (nSPS) is 19.5. The van der Waals surface area contributed by atoms with Crippen molar-refractivity contribution in [2.75, 3.05) is 24.5 Å². The first-order valence-corrected chi connectivity index (χ1v) is 8.84. The molecule has 1 saturated heterocycles. The van der Waals surface area contributed by atoms with Gasteiger partial charge in [0.2, 0.25) is 5.91 Å². The Morgan fingerprint density at radius 2 is 2.21 bits per heavy atom. The first kappa shape index (κ1) is 21.1. The third kappa shape index (κ3) is 5.27. The highest BCUT2D eigenvalue weighted by atomic mass is 35.5. The van der Waals surface area contributed by atoms with Crippen LogP contribution in [0, 0.1) is 18.8 Å². The van der Waals surface area contributed by atoms with Crippen LogP contribution >= 0.6 is 24.0 Å². The predicted molar refractivity (Wildman–Crippen MR) is 104 cm³/mol. The molecule has 0 aliphatic carbocycles. The molecule has 1 amide bonds. The van der Waals surface area contributed by atoms with Crippen molar-refractivity contribution in [1.29, 1.82) is 0 Å². The Morgan fingerprint density at radius 3 is 2.88 bits per heavy atom. The molecule has 24 heavy (non-hydrogen) atoms. The third-order valence-corrected chi connectivity index (χ3v) is 5.16. The summed E-state index contributed by atoms with van der Waals surface area (Å²) in [6.07, 6.45) is 1.99. The van der Waals surface area contributed by atoms with Crippen molar-refractivity contribution in [3.05, 3.63) is 28.8 Å². The molecule has 3 atom stereocenters. The summed E-state index contributed by atoms with van der Waals surface area (Å²) in [6, 6.07) is 5.59. The summed E-state index contributed by atoms with van der Waals surface area (Å²) in [5.74, 6) is 0.641. The average Bonchev–Trinajstić information content (AvgIpc) is 3.02. The van der Waals surface area contributed by atoms with Crippen molar-refractivity contribution in [2.24, 2.45) is 17.6 Å². The van der Waals surface area contributed by atoms with Gasteiger partial charge in [-0.15, -0.1) is 12.4 Å². The number of halogens is 2. The summed E-state index contributed by atoms with van der Waals surface area (Å²) in [5, 5.41) is 3.79. The number of nitrogens with zero attached hydrogens (tertiary/aromatic N) is 1. The maximum Gasteiger partial charge on any atom is 0.237 e. The van der Waals surface area contributed by atoms with Crippen LogP contribution in [0.2, 0.25) is 5.02 Å². The third-order valence-electron chi connectivity index (χ3n) is 4.92. The van der Waals surface area contributed by atoms with Crippen molar-refractivity contribution < 1.29 is 4.79 Å². The second-order valence-corrected chi connectivity index (χ2v) is 7.12. The second kappa shape index (κ2) is 9.50. The van der Waals surface area contributed by atoms with Crippen molar-refractivity contribution in [2.45, 2.75) is 39.7 Å². The number of carbonyl (C=O) groups excluding carboxylic acids is 1. The summed E-state index contributed by atoms with van der Waals surface area (Å²) in [6.45, 7) is 8.81. The van der Waals surface area contributed by atoms with E-state index in [4.69, 9.17) is 17.3 Å². The van der Waals surface area contributed by atoms with E-state index in [0.29, 0.717) is 12.5 Å². The van der Waals surface area contributed by atoms with Gasteiger partial charge in [0.25, 0.3) is 0 Å². The van der Waals surface area contributed by atoms with E-state index in [-0.39, 0.29) is 24.2 Å². The Kier molecular flexibility index (Phi) is 8.34. The van der Waals surface area contributed by atoms with Crippen LogP contribution in [0.15, 0.2) is 18.2 Å². The highest BCUT2D eigenvalue weighted by molar-refractivity contribution is 6.30. The van der Waals surface area contributed by atoms with Crippen LogP contribution in [0.3, 0.4) is 0 Å². The lowest BCUT2D eigenvalue weighted by atomic mass is 9.99. The number of hydrogen-bond donors (Lipinski definition) is 2. The molecule has 2 rings (SSSR count). The molecule has 3 unspecified atom stereocenters. The molecule has 1 aliphatic rings. The first-order valence-electron chi connectivity index (χ1n) is 8.46. The molecular weight excluding hydrogens is 345 g/mol. The Morgan fingerprint density at radius 1 is 1.50 bits per heavy atom. The van der Waals surface area contributed by atoms with Crippen LogP contribution in [-0.2, 0) is 4.79 Å². The SMILES string of the molecule is CCC(C)C(N)C(=O)NCC1CCN(c2cc(Cl)ccc2C)C1.Cl. The van der Waals surface area contributed by atoms with Crippen LogP contribution in [0.25, 0.3) is 0 Å². The number of hydrogen-bond acceptors (Lipinski definition) is 3. The van der Waals surface area contributed by atoms with Crippen molar-refractivity contribution >= 4 is 35.6 Å². The Bertz CT molecular complexity index is 553. The van der Waals surface area contributed by atoms with Gasteiger partial charge in [-0.1, -0.05) is 37.9 Å². The van der Waals surface area contributed by atoms with E-state index in [1.54, 1.807) is 0 Å². The molecule has 0 aromatic heterocycles. The van der Waals surface area contributed by atoms with Crippen LogP contribution in [0.5, 0.6) is 0 Å². The highest BCUT2D eigenvalue weighted by Crippen LogP contribution is 2.29. The molecule has 1 aliphatic heterocycles. The fourth-order valence-electron chi connectivity index (χ4n) is 3.02. The highest BCUT2D eigenvalue weighted by Gasteiger charge is 2.26. The summed E-state index contributed by atoms with van der Waals surface area (Å²) in [7, 11) is 0. The second-order valence-electron chi connectivity index (χ2n) is 6.69. The summed E-state index contributed by atoms with van der Waals surface area (Å²) >= 11 is 6.11. The number of aryl methyl sites for hydroxylation is 1. The topological polar surface area (TPSA) is 58.4 Å². The van der Waals surface area contributed by atoms with Gasteiger partial charge in [-0.3, -0.25) is 4.79 Å². The number of carbonyl (C=O) groups is 1. The van der Waals surface area contributed by atoms with Gasteiger partial charge in [0.05, 0.1) is 6.04 Å². The van der Waals surface area contributed by atoms with E-state index >= 15 is 0 Å². The minimum atomic E-state index is -0.410. The summed E-state index contributed by atoms with van der Waals surface area (Å²) in [5.41, 5.74) is 8.40. The summed E-state index contributed by atoms with van der Waals surface area (Å²) in [4.78, 5) is 14.4. The fraction of sp³-hybridized carbons (Fsp3) is 0.611. The van der Waals surface area contributed by atoms with E-state index in [2.05, 4.69) is 30.1 Å². The van der Waals surface area contributed by atoms with Crippen molar-refractivity contribution in [3.63, 3.8) is 0 Å². The van der Waals surface area contributed by atoms with E-state index < -0.39 is 6.04 Å². The quantitative estimate of drug-likeness (QED) is 0.803. The van der Waals surface area contributed by atoms with Crippen molar-refractivity contribution in [1.82, 2.24) is 5.32 Å². The summed E-state index contributed by atoms with van der Waals surface area (Å²) < 4.78 is 0.